The summed E-state index contributed by atoms with van der Waals surface area (Å²) < 4.78 is 5.53. The first kappa shape index (κ1) is 11.7. The van der Waals surface area contributed by atoms with Crippen molar-refractivity contribution in [1.82, 2.24) is 24.4 Å². The van der Waals surface area contributed by atoms with Crippen molar-refractivity contribution in [2.24, 2.45) is 5.84 Å². The maximum atomic E-state index is 11.6. The Morgan fingerprint density at radius 1 is 1.61 bits per heavy atom. The third kappa shape index (κ3) is 2.13. The average molecular weight is 285 g/mol. The van der Waals surface area contributed by atoms with Crippen molar-refractivity contribution in [3.63, 3.8) is 0 Å². The second-order valence-corrected chi connectivity index (χ2v) is 5.59. The molecule has 10 heteroatoms. The van der Waals surface area contributed by atoms with E-state index in [1.54, 1.807) is 4.57 Å². The lowest BCUT2D eigenvalue weighted by Crippen LogP contribution is -2.16. The Labute approximate surface area is 110 Å². The van der Waals surface area contributed by atoms with Crippen LogP contribution in [-0.4, -0.2) is 24.4 Å². The average Bonchev–Trinajstić information content (AvgIpc) is 2.99. The van der Waals surface area contributed by atoms with Crippen molar-refractivity contribution in [3.05, 3.63) is 16.2 Å². The third-order valence-electron chi connectivity index (χ3n) is 2.61. The second-order valence-electron chi connectivity index (χ2n) is 3.89. The lowest BCUT2D eigenvalue weighted by molar-refractivity contribution is 0.642. The van der Waals surface area contributed by atoms with E-state index < -0.39 is 0 Å². The van der Waals surface area contributed by atoms with Crippen LogP contribution in [0.4, 0.5) is 5.00 Å². The summed E-state index contributed by atoms with van der Waals surface area (Å²) in [5.41, 5.74) is 3.17. The number of hydrazine groups is 1. The van der Waals surface area contributed by atoms with Crippen molar-refractivity contribution >= 4 is 28.3 Å². The highest BCUT2D eigenvalue weighted by molar-refractivity contribution is 7.98. The minimum Gasteiger partial charge on any atom is -0.313 e. The molecule has 96 valence electrons. The van der Waals surface area contributed by atoms with Crippen LogP contribution in [0.2, 0.25) is 0 Å². The fourth-order valence-electron chi connectivity index (χ4n) is 1.59. The van der Waals surface area contributed by atoms with Gasteiger partial charge in [-0.2, -0.15) is 0 Å². The summed E-state index contributed by atoms with van der Waals surface area (Å²) in [7, 11) is 0. The maximum Gasteiger partial charge on any atom is 0.344 e. The largest absolute Gasteiger partial charge is 0.344 e. The van der Waals surface area contributed by atoms with Gasteiger partial charge in [-0.1, -0.05) is 16.3 Å². The fraction of sp³-hybridized carbons (Fsp3) is 0.500. The molecule has 0 amide bonds. The number of nitrogens with zero attached hydrogens (tertiary/aromatic N) is 4. The zero-order valence-corrected chi connectivity index (χ0v) is 10.9. The summed E-state index contributed by atoms with van der Waals surface area (Å²) >= 11 is 2.66. The highest BCUT2D eigenvalue weighted by atomic mass is 32.2. The van der Waals surface area contributed by atoms with E-state index in [0.717, 1.165) is 23.5 Å². The molecule has 1 fully saturated rings. The van der Waals surface area contributed by atoms with Gasteiger partial charge in [-0.25, -0.2) is 15.7 Å². The van der Waals surface area contributed by atoms with E-state index in [9.17, 15) is 4.79 Å². The van der Waals surface area contributed by atoms with E-state index in [1.165, 1.54) is 23.3 Å². The van der Waals surface area contributed by atoms with Crippen LogP contribution in [0.1, 0.15) is 24.6 Å². The number of aromatic amines is 1. The van der Waals surface area contributed by atoms with Gasteiger partial charge in [-0.15, -0.1) is 10.2 Å². The Morgan fingerprint density at radius 3 is 3.17 bits per heavy atom. The third-order valence-corrected chi connectivity index (χ3v) is 4.27. The zero-order valence-electron chi connectivity index (χ0n) is 9.29. The normalized spacial score (nSPS) is 14.9. The number of nitrogens with one attached hydrogen (secondary N) is 2. The molecule has 1 saturated carbocycles. The smallest absolute Gasteiger partial charge is 0.313 e. The first-order valence-electron chi connectivity index (χ1n) is 5.37. The quantitative estimate of drug-likeness (QED) is 0.412. The number of hydrogen-bond acceptors (Lipinski definition) is 8. The van der Waals surface area contributed by atoms with Crippen LogP contribution in [0.3, 0.4) is 0 Å². The molecule has 0 saturated heterocycles. The van der Waals surface area contributed by atoms with Crippen LogP contribution in [0.25, 0.3) is 0 Å². The number of anilines is 1. The first-order chi connectivity index (χ1) is 8.79. The molecule has 1 aliphatic rings. The van der Waals surface area contributed by atoms with Gasteiger partial charge in [-0.3, -0.25) is 4.57 Å². The molecule has 4 N–H and O–H groups in total. The molecule has 2 aromatic rings. The number of aromatic nitrogens is 5. The number of hydrogen-bond donors (Lipinski definition) is 3. The second kappa shape index (κ2) is 4.71. The molecular weight excluding hydrogens is 274 g/mol. The minimum atomic E-state index is -0.145. The fourth-order valence-corrected chi connectivity index (χ4v) is 3.13. The van der Waals surface area contributed by atoms with Gasteiger partial charge in [0.2, 0.25) is 0 Å². The number of H-pyrrole nitrogens is 1. The molecule has 0 atom stereocenters. The predicted molar refractivity (Wildman–Crippen MR) is 68.4 cm³/mol. The summed E-state index contributed by atoms with van der Waals surface area (Å²) in [5, 5.41) is 11.9. The Morgan fingerprint density at radius 2 is 2.44 bits per heavy atom. The highest BCUT2D eigenvalue weighted by Gasteiger charge is 2.28. The van der Waals surface area contributed by atoms with Crippen molar-refractivity contribution in [3.8, 4) is 0 Å². The van der Waals surface area contributed by atoms with Gasteiger partial charge in [-0.05, 0) is 12.8 Å². The molecule has 2 heterocycles. The van der Waals surface area contributed by atoms with Gasteiger partial charge in [0.25, 0.3) is 0 Å². The van der Waals surface area contributed by atoms with Crippen LogP contribution in [0, 0.1) is 0 Å². The molecule has 0 spiro atoms. The van der Waals surface area contributed by atoms with Gasteiger partial charge < -0.3 is 5.43 Å². The van der Waals surface area contributed by atoms with Crippen LogP contribution >= 0.6 is 23.3 Å². The lowest BCUT2D eigenvalue weighted by Gasteiger charge is -2.02. The van der Waals surface area contributed by atoms with Crippen LogP contribution in [-0.2, 0) is 5.75 Å². The zero-order chi connectivity index (χ0) is 12.5. The maximum absolute atomic E-state index is 11.6. The first-order valence-corrected chi connectivity index (χ1v) is 7.13. The molecule has 3 rings (SSSR count). The topological polar surface area (TPSA) is 115 Å². The van der Waals surface area contributed by atoms with Gasteiger partial charge in [0.15, 0.2) is 5.16 Å². The Hall–Kier alpha value is -1.39. The van der Waals surface area contributed by atoms with Gasteiger partial charge in [0.05, 0.1) is 0 Å². The molecule has 18 heavy (non-hydrogen) atoms. The molecule has 0 bridgehead atoms. The van der Waals surface area contributed by atoms with Crippen LogP contribution < -0.4 is 17.0 Å². The molecule has 0 unspecified atom stereocenters. The molecular formula is C8H11N7OS2. The molecule has 0 aliphatic heterocycles. The number of nitrogens with two attached hydrogens (primary N) is 1. The van der Waals surface area contributed by atoms with E-state index in [0.29, 0.717) is 17.0 Å². The van der Waals surface area contributed by atoms with E-state index in [-0.39, 0.29) is 5.69 Å². The van der Waals surface area contributed by atoms with Gasteiger partial charge >= 0.3 is 5.69 Å². The summed E-state index contributed by atoms with van der Waals surface area (Å²) in [6, 6.07) is 0.305. The van der Waals surface area contributed by atoms with Gasteiger partial charge in [0.1, 0.15) is 10.7 Å². The number of thioether (sulfide) groups is 1. The molecule has 8 nitrogen and oxygen atoms in total. The highest BCUT2D eigenvalue weighted by Crippen LogP contribution is 2.36. The van der Waals surface area contributed by atoms with Crippen molar-refractivity contribution in [1.29, 1.82) is 0 Å². The van der Waals surface area contributed by atoms with E-state index in [1.807, 2.05) is 0 Å². The summed E-state index contributed by atoms with van der Waals surface area (Å²) in [5.74, 6) is 5.93. The summed E-state index contributed by atoms with van der Waals surface area (Å²) in [6.45, 7) is 0. The standard InChI is InChI=1S/C8H11N7OS2/c9-10-6-5(11-14-18-6)3-17-8-13-12-7(16)15(8)4-1-2-4/h4,10H,1-3,9H2,(H,12,16). The monoisotopic (exact) mass is 285 g/mol. The van der Waals surface area contributed by atoms with Gasteiger partial charge in [0, 0.05) is 23.3 Å². The van der Waals surface area contributed by atoms with Crippen LogP contribution in [0.5, 0.6) is 0 Å². The Bertz CT molecular complexity index is 599. The number of rotatable bonds is 5. The molecule has 2 aromatic heterocycles. The predicted octanol–water partition coefficient (Wildman–Crippen LogP) is 0.336. The summed E-state index contributed by atoms with van der Waals surface area (Å²) in [4.78, 5) is 11.6. The van der Waals surface area contributed by atoms with E-state index >= 15 is 0 Å². The molecule has 0 radical (unpaired) electrons. The van der Waals surface area contributed by atoms with Crippen molar-refractivity contribution in [2.75, 3.05) is 5.43 Å². The summed E-state index contributed by atoms with van der Waals surface area (Å²) in [6.07, 6.45) is 2.09. The van der Waals surface area contributed by atoms with E-state index in [4.69, 9.17) is 5.84 Å². The molecule has 1 aliphatic carbocycles. The minimum absolute atomic E-state index is 0.145. The van der Waals surface area contributed by atoms with Crippen molar-refractivity contribution < 1.29 is 0 Å². The Kier molecular flexibility index (Phi) is 3.06. The van der Waals surface area contributed by atoms with Crippen molar-refractivity contribution in [2.45, 2.75) is 29.8 Å². The molecule has 0 aromatic carbocycles. The van der Waals surface area contributed by atoms with Crippen LogP contribution in [0.15, 0.2) is 9.95 Å². The SMILES string of the molecule is NNc1snnc1CSc1n[nH]c(=O)n1C1CC1. The number of nitrogen functional groups attached to an aromatic ring is 1. The Balaban J connectivity index is 1.75. The van der Waals surface area contributed by atoms with E-state index in [2.05, 4.69) is 25.2 Å². The lowest BCUT2D eigenvalue weighted by atomic mass is 10.5.